The third-order valence-electron chi connectivity index (χ3n) is 7.08. The number of benzene rings is 3. The normalized spacial score (nSPS) is 14.6. The van der Waals surface area contributed by atoms with Crippen LogP contribution in [0.15, 0.2) is 77.2 Å². The molecule has 4 nitrogen and oxygen atoms in total. The first-order valence-corrected chi connectivity index (χ1v) is 12.5. The highest BCUT2D eigenvalue weighted by molar-refractivity contribution is 6.02. The van der Waals surface area contributed by atoms with E-state index in [-0.39, 0.29) is 0 Å². The van der Waals surface area contributed by atoms with Crippen LogP contribution in [0.25, 0.3) is 28.4 Å². The smallest absolute Gasteiger partial charge is 0.374 e. The van der Waals surface area contributed by atoms with Crippen LogP contribution in [-0.2, 0) is 13.6 Å². The number of hydrogen-bond acceptors (Lipinski definition) is 3. The molecule has 4 heteroatoms. The summed E-state index contributed by atoms with van der Waals surface area (Å²) in [7, 11) is 4.22. The Morgan fingerprint density at radius 2 is 1.71 bits per heavy atom. The molecule has 2 heterocycles. The molecule has 3 aromatic carbocycles. The monoisotopic (exact) mass is 464 g/mol. The van der Waals surface area contributed by atoms with Crippen molar-refractivity contribution in [2.24, 2.45) is 7.05 Å². The molecule has 5 rings (SSSR count). The van der Waals surface area contributed by atoms with E-state index >= 15 is 0 Å². The largest absolute Gasteiger partial charge is 0.398 e. The van der Waals surface area contributed by atoms with E-state index in [2.05, 4.69) is 128 Å². The third-order valence-corrected chi connectivity index (χ3v) is 7.08. The minimum Gasteiger partial charge on any atom is -0.398 e. The van der Waals surface area contributed by atoms with Gasteiger partial charge in [0.15, 0.2) is 0 Å². The average molecular weight is 465 g/mol. The Bertz CT molecular complexity index is 1420. The van der Waals surface area contributed by atoms with Gasteiger partial charge in [0, 0.05) is 36.6 Å². The van der Waals surface area contributed by atoms with E-state index in [4.69, 9.17) is 4.42 Å². The number of rotatable bonds is 6. The molecule has 0 saturated heterocycles. The van der Waals surface area contributed by atoms with Gasteiger partial charge in [0.05, 0.1) is 6.08 Å². The van der Waals surface area contributed by atoms with Gasteiger partial charge < -0.3 is 9.32 Å². The van der Waals surface area contributed by atoms with Crippen molar-refractivity contribution in [2.75, 3.05) is 25.0 Å². The van der Waals surface area contributed by atoms with Gasteiger partial charge in [-0.1, -0.05) is 62.4 Å². The van der Waals surface area contributed by atoms with Crippen LogP contribution in [0.4, 0.5) is 5.69 Å². The van der Waals surface area contributed by atoms with E-state index in [0.29, 0.717) is 0 Å². The minimum atomic E-state index is 0.838. The van der Waals surface area contributed by atoms with Crippen LogP contribution in [-0.4, -0.2) is 25.0 Å². The number of oxazole rings is 1. The topological polar surface area (TPSA) is 23.5 Å². The van der Waals surface area contributed by atoms with Gasteiger partial charge in [-0.15, -0.1) is 0 Å². The first-order chi connectivity index (χ1) is 17.0. The Kier molecular flexibility index (Phi) is 6.31. The Hall–Kier alpha value is -3.63. The molecule has 1 aromatic heterocycles. The molecule has 0 fully saturated rings. The van der Waals surface area contributed by atoms with Crippen molar-refractivity contribution >= 4 is 34.1 Å². The van der Waals surface area contributed by atoms with Gasteiger partial charge in [-0.3, -0.25) is 4.90 Å². The minimum absolute atomic E-state index is 0.838. The summed E-state index contributed by atoms with van der Waals surface area (Å²) < 4.78 is 8.38. The summed E-state index contributed by atoms with van der Waals surface area (Å²) in [5, 5.41) is 0. The highest BCUT2D eigenvalue weighted by Crippen LogP contribution is 2.39. The molecule has 1 aliphatic heterocycles. The molecule has 0 N–H and O–H groups in total. The average Bonchev–Trinajstić information content (AvgIpc) is 3.19. The van der Waals surface area contributed by atoms with Crippen LogP contribution in [0.5, 0.6) is 0 Å². The number of fused-ring (bicyclic) bond motifs is 2. The van der Waals surface area contributed by atoms with Crippen LogP contribution < -0.4 is 9.47 Å². The molecule has 178 valence electrons. The fraction of sp³-hybridized carbons (Fsp3) is 0.258. The van der Waals surface area contributed by atoms with Gasteiger partial charge in [0.25, 0.3) is 5.52 Å². The predicted molar refractivity (Wildman–Crippen MR) is 146 cm³/mol. The van der Waals surface area contributed by atoms with Crippen LogP contribution in [0.3, 0.4) is 0 Å². The zero-order chi connectivity index (χ0) is 24.5. The van der Waals surface area contributed by atoms with Crippen molar-refractivity contribution in [3.8, 4) is 0 Å². The van der Waals surface area contributed by atoms with E-state index < -0.39 is 0 Å². The molecule has 0 amide bonds. The predicted octanol–water partition coefficient (Wildman–Crippen LogP) is 6.44. The van der Waals surface area contributed by atoms with E-state index in [0.717, 1.165) is 42.2 Å². The molecular weight excluding hydrogens is 430 g/mol. The number of aryl methyl sites for hydroxylation is 2. The van der Waals surface area contributed by atoms with Crippen LogP contribution in [0.1, 0.15) is 42.0 Å². The standard InChI is InChI=1S/C31H34N3O/c1-6-34(7-2)21-23-13-15-24(16-14-23)28-19-25(26-10-8-9-11-27(26)32(28)4)20-31-33(5)29-18-22(3)12-17-30(29)35-31/h8-20H,6-7,21H2,1-5H3/q+1. The lowest BCUT2D eigenvalue weighted by Gasteiger charge is -2.30. The van der Waals surface area contributed by atoms with Crippen LogP contribution in [0.2, 0.25) is 0 Å². The molecule has 4 aromatic rings. The molecule has 0 radical (unpaired) electrons. The first kappa shape index (κ1) is 23.1. The van der Waals surface area contributed by atoms with E-state index in [9.17, 15) is 0 Å². The van der Waals surface area contributed by atoms with Crippen molar-refractivity contribution < 1.29 is 8.98 Å². The fourth-order valence-corrected chi connectivity index (χ4v) is 4.88. The summed E-state index contributed by atoms with van der Waals surface area (Å²) in [6.07, 6.45) is 4.44. The second-order valence-electron chi connectivity index (χ2n) is 9.33. The summed E-state index contributed by atoms with van der Waals surface area (Å²) in [4.78, 5) is 4.72. The lowest BCUT2D eigenvalue weighted by molar-refractivity contribution is -0.651. The highest BCUT2D eigenvalue weighted by atomic mass is 16.3. The molecule has 0 atom stereocenters. The quantitative estimate of drug-likeness (QED) is 0.307. The summed E-state index contributed by atoms with van der Waals surface area (Å²) in [6.45, 7) is 9.66. The number of nitrogens with zero attached hydrogens (tertiary/aromatic N) is 3. The van der Waals surface area contributed by atoms with E-state index in [1.807, 2.05) is 0 Å². The number of hydrogen-bond donors (Lipinski definition) is 0. The molecule has 35 heavy (non-hydrogen) atoms. The molecular formula is C31H34N3O+. The van der Waals surface area contributed by atoms with Crippen molar-refractivity contribution in [1.29, 1.82) is 0 Å². The van der Waals surface area contributed by atoms with Crippen molar-refractivity contribution in [1.82, 2.24) is 4.90 Å². The van der Waals surface area contributed by atoms with E-state index in [1.165, 1.54) is 33.6 Å². The Morgan fingerprint density at radius 3 is 2.46 bits per heavy atom. The maximum Gasteiger partial charge on any atom is 0.374 e. The van der Waals surface area contributed by atoms with Crippen LogP contribution in [0, 0.1) is 6.92 Å². The maximum atomic E-state index is 6.25. The van der Waals surface area contributed by atoms with Crippen molar-refractivity contribution in [3.05, 3.63) is 101 Å². The molecule has 0 unspecified atom stereocenters. The number of para-hydroxylation sites is 1. The Balaban J connectivity index is 1.57. The summed E-state index contributed by atoms with van der Waals surface area (Å²) >= 11 is 0. The Morgan fingerprint density at radius 1 is 0.971 bits per heavy atom. The Labute approximate surface area is 208 Å². The van der Waals surface area contributed by atoms with Crippen molar-refractivity contribution in [2.45, 2.75) is 27.3 Å². The van der Waals surface area contributed by atoms with Gasteiger partial charge in [0.2, 0.25) is 5.58 Å². The van der Waals surface area contributed by atoms with Gasteiger partial charge in [-0.2, -0.15) is 4.57 Å². The molecule has 0 saturated carbocycles. The highest BCUT2D eigenvalue weighted by Gasteiger charge is 2.24. The van der Waals surface area contributed by atoms with Crippen LogP contribution >= 0.6 is 0 Å². The second-order valence-corrected chi connectivity index (χ2v) is 9.33. The number of anilines is 1. The molecule has 0 aliphatic carbocycles. The third kappa shape index (κ3) is 4.42. The lowest BCUT2D eigenvalue weighted by atomic mass is 9.94. The van der Waals surface area contributed by atoms with Gasteiger partial charge in [-0.05, 0) is 60.5 Å². The lowest BCUT2D eigenvalue weighted by Crippen LogP contribution is -2.29. The zero-order valence-electron chi connectivity index (χ0n) is 21.4. The summed E-state index contributed by atoms with van der Waals surface area (Å²) in [6, 6.07) is 23.9. The number of aromatic nitrogens is 1. The fourth-order valence-electron chi connectivity index (χ4n) is 4.88. The van der Waals surface area contributed by atoms with Crippen molar-refractivity contribution in [3.63, 3.8) is 0 Å². The van der Waals surface area contributed by atoms with Gasteiger partial charge in [-0.25, -0.2) is 0 Å². The summed E-state index contributed by atoms with van der Waals surface area (Å²) in [5.74, 6) is 0.838. The van der Waals surface area contributed by atoms with Gasteiger partial charge in [0.1, 0.15) is 7.05 Å². The summed E-state index contributed by atoms with van der Waals surface area (Å²) in [5.41, 5.74) is 10.5. The second kappa shape index (κ2) is 9.55. The molecule has 0 bridgehead atoms. The molecule has 0 spiro atoms. The zero-order valence-corrected chi connectivity index (χ0v) is 21.4. The van der Waals surface area contributed by atoms with E-state index in [1.54, 1.807) is 0 Å². The maximum absolute atomic E-state index is 6.25. The SMILES string of the molecule is CCN(CC)Cc1ccc(C2=C/C(=C/c3oc4ccc(C)cc4[n+]3C)c3ccccc3N2C)cc1. The number of allylic oxidation sites excluding steroid dienone is 2. The molecule has 1 aliphatic rings. The van der Waals surface area contributed by atoms with Gasteiger partial charge >= 0.3 is 5.89 Å². The first-order valence-electron chi connectivity index (χ1n) is 12.5.